The molecule has 1 N–H and O–H groups in total. The number of hydrogen-bond acceptors (Lipinski definition) is 6. The van der Waals surface area contributed by atoms with Crippen molar-refractivity contribution >= 4 is 22.4 Å². The van der Waals surface area contributed by atoms with E-state index in [-0.39, 0.29) is 5.91 Å². The highest BCUT2D eigenvalue weighted by Crippen LogP contribution is 2.29. The lowest BCUT2D eigenvalue weighted by Gasteiger charge is -2.26. The smallest absolute Gasteiger partial charge is 0.223 e. The van der Waals surface area contributed by atoms with Crippen LogP contribution in [0.1, 0.15) is 35.5 Å². The Balaban J connectivity index is 1.44. The molecule has 1 aliphatic heterocycles. The fourth-order valence-corrected chi connectivity index (χ4v) is 4.66. The van der Waals surface area contributed by atoms with Gasteiger partial charge in [0, 0.05) is 55.1 Å². The van der Waals surface area contributed by atoms with Crippen LogP contribution in [-0.4, -0.2) is 33.4 Å². The zero-order valence-electron chi connectivity index (χ0n) is 17.5. The topological polar surface area (TPSA) is 67.4 Å². The van der Waals surface area contributed by atoms with E-state index < -0.39 is 0 Å². The highest BCUT2D eigenvalue weighted by molar-refractivity contribution is 7.15. The normalized spacial score (nSPS) is 16.6. The van der Waals surface area contributed by atoms with Gasteiger partial charge in [-0.1, -0.05) is 6.07 Å². The monoisotopic (exact) mass is 422 g/mol. The molecule has 2 aromatic heterocycles. The Morgan fingerprint density at radius 1 is 1.23 bits per heavy atom. The zero-order valence-corrected chi connectivity index (χ0v) is 18.3. The van der Waals surface area contributed by atoms with Crippen LogP contribution in [0.3, 0.4) is 0 Å². The second kappa shape index (κ2) is 8.93. The maximum atomic E-state index is 11.2. The highest BCUT2D eigenvalue weighted by Gasteiger charge is 2.22. The third-order valence-corrected chi connectivity index (χ3v) is 6.18. The van der Waals surface area contributed by atoms with Gasteiger partial charge in [0.1, 0.15) is 11.5 Å². The van der Waals surface area contributed by atoms with Gasteiger partial charge in [-0.3, -0.25) is 14.7 Å². The summed E-state index contributed by atoms with van der Waals surface area (Å²) in [5.41, 5.74) is 3.67. The quantitative estimate of drug-likeness (QED) is 0.652. The Kier molecular flexibility index (Phi) is 6.11. The number of nitrogens with one attached hydrogen (secondary N) is 1. The second-order valence-corrected chi connectivity index (χ2v) is 8.87. The average molecular weight is 423 g/mol. The number of thiazole rings is 1. The Morgan fingerprint density at radius 3 is 2.87 bits per heavy atom. The SMILES string of the molecule is CC(=O)Nc1ncc(CN2CCc3ccc(Oc4ccnc(C)c4)cc3CC2C)s1. The fraction of sp³-hybridized carbons (Fsp3) is 0.348. The molecule has 0 radical (unpaired) electrons. The van der Waals surface area contributed by atoms with Gasteiger partial charge in [-0.25, -0.2) is 4.98 Å². The van der Waals surface area contributed by atoms with Crippen LogP contribution in [0.4, 0.5) is 5.13 Å². The number of fused-ring (bicyclic) bond motifs is 1. The van der Waals surface area contributed by atoms with Gasteiger partial charge in [-0.2, -0.15) is 0 Å². The minimum absolute atomic E-state index is 0.0885. The van der Waals surface area contributed by atoms with Gasteiger partial charge in [0.25, 0.3) is 0 Å². The van der Waals surface area contributed by atoms with Crippen molar-refractivity contribution in [3.05, 3.63) is 64.4 Å². The van der Waals surface area contributed by atoms with Gasteiger partial charge in [0.2, 0.25) is 5.91 Å². The van der Waals surface area contributed by atoms with E-state index in [0.29, 0.717) is 11.2 Å². The molecule has 3 heterocycles. The number of anilines is 1. The lowest BCUT2D eigenvalue weighted by atomic mass is 10.0. The summed E-state index contributed by atoms with van der Waals surface area (Å²) in [6.45, 7) is 7.56. The number of rotatable bonds is 5. The molecule has 4 rings (SSSR count). The van der Waals surface area contributed by atoms with Crippen molar-refractivity contribution in [2.75, 3.05) is 11.9 Å². The van der Waals surface area contributed by atoms with Gasteiger partial charge in [0.05, 0.1) is 0 Å². The number of aryl methyl sites for hydroxylation is 1. The van der Waals surface area contributed by atoms with E-state index in [2.05, 4.69) is 45.3 Å². The molecule has 0 aliphatic carbocycles. The molecule has 0 bridgehead atoms. The molecular formula is C23H26N4O2S. The van der Waals surface area contributed by atoms with Crippen LogP contribution in [0.2, 0.25) is 0 Å². The van der Waals surface area contributed by atoms with Crippen molar-refractivity contribution in [3.8, 4) is 11.5 Å². The predicted molar refractivity (Wildman–Crippen MR) is 119 cm³/mol. The van der Waals surface area contributed by atoms with E-state index in [9.17, 15) is 4.79 Å². The van der Waals surface area contributed by atoms with Crippen molar-refractivity contribution in [3.63, 3.8) is 0 Å². The lowest BCUT2D eigenvalue weighted by molar-refractivity contribution is -0.114. The first-order valence-corrected chi connectivity index (χ1v) is 11.0. The third kappa shape index (κ3) is 5.04. The number of carbonyl (C=O) groups excluding carboxylic acids is 1. The number of ether oxygens (including phenoxy) is 1. The number of benzene rings is 1. The largest absolute Gasteiger partial charge is 0.457 e. The molecule has 0 fully saturated rings. The minimum Gasteiger partial charge on any atom is -0.457 e. The number of amides is 1. The molecule has 7 heteroatoms. The first kappa shape index (κ1) is 20.5. The molecule has 1 unspecified atom stereocenters. The standard InChI is InChI=1S/C23H26N4O2S/c1-15-10-21(6-8-24-15)29-20-5-4-18-7-9-27(16(2)11-19(18)12-20)14-22-13-25-23(30-22)26-17(3)28/h4-6,8,10,12-13,16H,7,9,11,14H2,1-3H3,(H,25,26,28). The van der Waals surface area contributed by atoms with E-state index in [4.69, 9.17) is 4.74 Å². The van der Waals surface area contributed by atoms with Crippen molar-refractivity contribution < 1.29 is 9.53 Å². The molecule has 0 spiro atoms. The molecule has 1 aromatic carbocycles. The van der Waals surface area contributed by atoms with Crippen molar-refractivity contribution in [2.45, 2.75) is 46.2 Å². The van der Waals surface area contributed by atoms with Crippen LogP contribution in [0.25, 0.3) is 0 Å². The van der Waals surface area contributed by atoms with Crippen LogP contribution < -0.4 is 10.1 Å². The highest BCUT2D eigenvalue weighted by atomic mass is 32.1. The average Bonchev–Trinajstić information content (AvgIpc) is 3.05. The molecule has 0 saturated heterocycles. The van der Waals surface area contributed by atoms with Crippen molar-refractivity contribution in [2.24, 2.45) is 0 Å². The van der Waals surface area contributed by atoms with Gasteiger partial charge >= 0.3 is 0 Å². The summed E-state index contributed by atoms with van der Waals surface area (Å²) in [6.07, 6.45) is 5.61. The van der Waals surface area contributed by atoms with Crippen LogP contribution in [0.5, 0.6) is 11.5 Å². The summed E-state index contributed by atoms with van der Waals surface area (Å²) in [5, 5.41) is 3.43. The minimum atomic E-state index is -0.0885. The Morgan fingerprint density at radius 2 is 2.07 bits per heavy atom. The van der Waals surface area contributed by atoms with E-state index in [1.54, 1.807) is 17.5 Å². The predicted octanol–water partition coefficient (Wildman–Crippen LogP) is 4.59. The number of aromatic nitrogens is 2. The third-order valence-electron chi connectivity index (χ3n) is 5.28. The molecule has 3 aromatic rings. The molecule has 1 amide bonds. The number of pyridine rings is 1. The van der Waals surface area contributed by atoms with E-state index in [1.807, 2.05) is 25.3 Å². The van der Waals surface area contributed by atoms with E-state index in [1.165, 1.54) is 18.1 Å². The first-order valence-electron chi connectivity index (χ1n) is 10.1. The number of nitrogens with zero attached hydrogens (tertiary/aromatic N) is 3. The van der Waals surface area contributed by atoms with Crippen LogP contribution in [0, 0.1) is 6.92 Å². The van der Waals surface area contributed by atoms with Crippen LogP contribution in [0.15, 0.2) is 42.7 Å². The van der Waals surface area contributed by atoms with E-state index in [0.717, 1.165) is 48.0 Å². The molecule has 0 saturated carbocycles. The van der Waals surface area contributed by atoms with Gasteiger partial charge in [-0.15, -0.1) is 11.3 Å². The van der Waals surface area contributed by atoms with E-state index >= 15 is 0 Å². The molecule has 1 atom stereocenters. The first-order chi connectivity index (χ1) is 14.5. The summed E-state index contributed by atoms with van der Waals surface area (Å²) < 4.78 is 6.06. The van der Waals surface area contributed by atoms with Crippen molar-refractivity contribution in [1.82, 2.24) is 14.9 Å². The molecular weight excluding hydrogens is 396 g/mol. The molecule has 30 heavy (non-hydrogen) atoms. The molecule has 156 valence electrons. The summed E-state index contributed by atoms with van der Waals surface area (Å²) in [6, 6.07) is 10.6. The fourth-order valence-electron chi connectivity index (χ4n) is 3.77. The van der Waals surface area contributed by atoms with Gasteiger partial charge < -0.3 is 10.1 Å². The Bertz CT molecular complexity index is 1050. The lowest BCUT2D eigenvalue weighted by Crippen LogP contribution is -2.33. The number of carbonyl (C=O) groups is 1. The Labute approximate surface area is 180 Å². The zero-order chi connectivity index (χ0) is 21.1. The Hall–Kier alpha value is -2.77. The summed E-state index contributed by atoms with van der Waals surface area (Å²) in [4.78, 5) is 23.4. The summed E-state index contributed by atoms with van der Waals surface area (Å²) in [7, 11) is 0. The van der Waals surface area contributed by atoms with Crippen LogP contribution >= 0.6 is 11.3 Å². The summed E-state index contributed by atoms with van der Waals surface area (Å²) in [5.74, 6) is 1.59. The van der Waals surface area contributed by atoms with Gasteiger partial charge in [0.15, 0.2) is 5.13 Å². The maximum Gasteiger partial charge on any atom is 0.223 e. The van der Waals surface area contributed by atoms with Gasteiger partial charge in [-0.05, 0) is 56.0 Å². The van der Waals surface area contributed by atoms with Crippen LogP contribution in [-0.2, 0) is 24.2 Å². The maximum absolute atomic E-state index is 11.2. The second-order valence-electron chi connectivity index (χ2n) is 7.75. The van der Waals surface area contributed by atoms with Crippen molar-refractivity contribution in [1.29, 1.82) is 0 Å². The summed E-state index contributed by atoms with van der Waals surface area (Å²) >= 11 is 1.54. The molecule has 1 aliphatic rings. The number of hydrogen-bond donors (Lipinski definition) is 1. The molecule has 6 nitrogen and oxygen atoms in total.